The average molecular weight is 250 g/mol. The number of carbonyl (C=O) groups excluding carboxylic acids is 1. The van der Waals surface area contributed by atoms with Crippen LogP contribution in [0.2, 0.25) is 0 Å². The second kappa shape index (κ2) is 9.28. The second-order valence-corrected chi connectivity index (χ2v) is 3.93. The molecule has 0 aliphatic rings. The Labute approximate surface area is 109 Å². The maximum Gasteiger partial charge on any atom is 0.332 e. The Bertz CT molecular complexity index is 366. The molecule has 3 heteroatoms. The van der Waals surface area contributed by atoms with Gasteiger partial charge in [-0.25, -0.2) is 4.79 Å². The molecule has 18 heavy (non-hydrogen) atoms. The van der Waals surface area contributed by atoms with Gasteiger partial charge in [0.15, 0.2) is 0 Å². The van der Waals surface area contributed by atoms with Gasteiger partial charge in [-0.3, -0.25) is 0 Å². The lowest BCUT2D eigenvalue weighted by Crippen LogP contribution is -1.98. The number of benzene rings is 1. The predicted molar refractivity (Wildman–Crippen MR) is 73.8 cm³/mol. The Morgan fingerprint density at radius 3 is 2.17 bits per heavy atom. The molecule has 0 heterocycles. The molecule has 0 fully saturated rings. The Morgan fingerprint density at radius 1 is 1.28 bits per heavy atom. The lowest BCUT2D eigenvalue weighted by Gasteiger charge is -2.03. The summed E-state index contributed by atoms with van der Waals surface area (Å²) in [6, 6.07) is 8.13. The van der Waals surface area contributed by atoms with Crippen LogP contribution in [-0.2, 0) is 9.53 Å². The summed E-state index contributed by atoms with van der Waals surface area (Å²) in [5.74, 6) is 0.623. The predicted octanol–water partition coefficient (Wildman–Crippen LogP) is 3.52. The summed E-state index contributed by atoms with van der Waals surface area (Å²) in [6.45, 7) is 9.94. The van der Waals surface area contributed by atoms with Gasteiger partial charge in [-0.1, -0.05) is 31.2 Å². The second-order valence-electron chi connectivity index (χ2n) is 3.93. The van der Waals surface area contributed by atoms with Crippen molar-refractivity contribution < 1.29 is 14.3 Å². The first-order valence-corrected chi connectivity index (χ1v) is 5.94. The SMILES string of the molecule is C=C(C)C(=O)OC.CCCOc1ccc(C)cc1. The highest BCUT2D eigenvalue weighted by atomic mass is 16.5. The van der Waals surface area contributed by atoms with Crippen molar-refractivity contribution in [3.63, 3.8) is 0 Å². The molecule has 0 amide bonds. The van der Waals surface area contributed by atoms with Crippen LogP contribution in [0.3, 0.4) is 0 Å². The van der Waals surface area contributed by atoms with Gasteiger partial charge >= 0.3 is 5.97 Å². The van der Waals surface area contributed by atoms with Gasteiger partial charge in [0, 0.05) is 5.57 Å². The van der Waals surface area contributed by atoms with Crippen LogP contribution in [-0.4, -0.2) is 19.7 Å². The topological polar surface area (TPSA) is 35.5 Å². The molecular formula is C15H22O3. The zero-order valence-corrected chi connectivity index (χ0v) is 11.7. The minimum atomic E-state index is -0.347. The molecule has 0 atom stereocenters. The van der Waals surface area contributed by atoms with Crippen LogP contribution in [0, 0.1) is 6.92 Å². The van der Waals surface area contributed by atoms with Crippen molar-refractivity contribution in [1.82, 2.24) is 0 Å². The molecule has 0 spiro atoms. The smallest absolute Gasteiger partial charge is 0.332 e. The lowest BCUT2D eigenvalue weighted by molar-refractivity contribution is -0.136. The number of carbonyl (C=O) groups is 1. The van der Waals surface area contributed by atoms with E-state index in [0.29, 0.717) is 5.57 Å². The van der Waals surface area contributed by atoms with Crippen molar-refractivity contribution in [3.8, 4) is 5.75 Å². The molecule has 3 nitrogen and oxygen atoms in total. The van der Waals surface area contributed by atoms with E-state index < -0.39 is 0 Å². The summed E-state index contributed by atoms with van der Waals surface area (Å²) in [7, 11) is 1.33. The molecule has 0 aliphatic carbocycles. The number of esters is 1. The number of hydrogen-bond donors (Lipinski definition) is 0. The lowest BCUT2D eigenvalue weighted by atomic mass is 10.2. The van der Waals surface area contributed by atoms with Crippen LogP contribution in [0.1, 0.15) is 25.8 Å². The van der Waals surface area contributed by atoms with Gasteiger partial charge in [-0.2, -0.15) is 0 Å². The van der Waals surface area contributed by atoms with Gasteiger partial charge in [0.2, 0.25) is 0 Å². The van der Waals surface area contributed by atoms with E-state index in [2.05, 4.69) is 37.3 Å². The molecule has 1 aromatic rings. The van der Waals surface area contributed by atoms with Crippen molar-refractivity contribution in [3.05, 3.63) is 42.0 Å². The molecule has 0 saturated heterocycles. The zero-order chi connectivity index (χ0) is 14.0. The van der Waals surface area contributed by atoms with Crippen molar-refractivity contribution >= 4 is 5.97 Å². The van der Waals surface area contributed by atoms with Crippen LogP contribution >= 0.6 is 0 Å². The Kier molecular flexibility index (Phi) is 8.37. The molecular weight excluding hydrogens is 228 g/mol. The third-order valence-electron chi connectivity index (χ3n) is 2.03. The first kappa shape index (κ1) is 16.2. The number of methoxy groups -OCH3 is 1. The van der Waals surface area contributed by atoms with Gasteiger partial charge in [0.1, 0.15) is 5.75 Å². The summed E-state index contributed by atoms with van der Waals surface area (Å²) >= 11 is 0. The number of rotatable bonds is 4. The molecule has 0 aliphatic heterocycles. The number of hydrogen-bond acceptors (Lipinski definition) is 3. The van der Waals surface area contributed by atoms with E-state index in [-0.39, 0.29) is 5.97 Å². The van der Waals surface area contributed by atoms with Crippen LogP contribution in [0.4, 0.5) is 0 Å². The molecule has 0 saturated carbocycles. The van der Waals surface area contributed by atoms with E-state index in [4.69, 9.17) is 4.74 Å². The van der Waals surface area contributed by atoms with E-state index in [1.54, 1.807) is 6.92 Å². The quantitative estimate of drug-likeness (QED) is 0.606. The Balaban J connectivity index is 0.000000360. The van der Waals surface area contributed by atoms with Crippen molar-refractivity contribution in [2.45, 2.75) is 27.2 Å². The van der Waals surface area contributed by atoms with Gasteiger partial charge < -0.3 is 9.47 Å². The largest absolute Gasteiger partial charge is 0.494 e. The monoisotopic (exact) mass is 250 g/mol. The third kappa shape index (κ3) is 7.49. The summed E-state index contributed by atoms with van der Waals surface area (Å²) < 4.78 is 9.68. The molecule has 1 rings (SSSR count). The van der Waals surface area contributed by atoms with Crippen LogP contribution in [0.15, 0.2) is 36.4 Å². The highest BCUT2D eigenvalue weighted by molar-refractivity contribution is 5.86. The van der Waals surface area contributed by atoms with Crippen LogP contribution in [0.25, 0.3) is 0 Å². The van der Waals surface area contributed by atoms with Gasteiger partial charge in [0.05, 0.1) is 13.7 Å². The summed E-state index contributed by atoms with van der Waals surface area (Å²) in [4.78, 5) is 10.2. The first-order valence-electron chi connectivity index (χ1n) is 5.94. The van der Waals surface area contributed by atoms with Gasteiger partial charge in [-0.05, 0) is 32.4 Å². The molecule has 0 radical (unpaired) electrons. The Morgan fingerprint density at radius 2 is 1.83 bits per heavy atom. The van der Waals surface area contributed by atoms with E-state index in [1.807, 2.05) is 12.1 Å². The van der Waals surface area contributed by atoms with Crippen LogP contribution in [0.5, 0.6) is 5.75 Å². The molecule has 100 valence electrons. The van der Waals surface area contributed by atoms with Crippen LogP contribution < -0.4 is 4.74 Å². The van der Waals surface area contributed by atoms with E-state index in [0.717, 1.165) is 18.8 Å². The van der Waals surface area contributed by atoms with Gasteiger partial charge in [0.25, 0.3) is 0 Å². The van der Waals surface area contributed by atoms with E-state index >= 15 is 0 Å². The maximum atomic E-state index is 10.2. The highest BCUT2D eigenvalue weighted by Gasteiger charge is 1.95. The maximum absolute atomic E-state index is 10.2. The normalized spacial score (nSPS) is 8.89. The number of ether oxygens (including phenoxy) is 2. The molecule has 0 bridgehead atoms. The molecule has 0 unspecified atom stereocenters. The fraction of sp³-hybridized carbons (Fsp3) is 0.400. The van der Waals surface area contributed by atoms with Gasteiger partial charge in [-0.15, -0.1) is 0 Å². The summed E-state index contributed by atoms with van der Waals surface area (Å²) in [5.41, 5.74) is 1.70. The van der Waals surface area contributed by atoms with E-state index in [1.165, 1.54) is 12.7 Å². The zero-order valence-electron chi connectivity index (χ0n) is 11.7. The standard InChI is InChI=1S/C10H14O.C5H8O2/c1-3-8-11-10-6-4-9(2)5-7-10;1-4(2)5(6)7-3/h4-7H,3,8H2,1-2H3;1H2,2-3H3. The minimum Gasteiger partial charge on any atom is -0.494 e. The molecule has 0 N–H and O–H groups in total. The van der Waals surface area contributed by atoms with Crippen molar-refractivity contribution in [1.29, 1.82) is 0 Å². The van der Waals surface area contributed by atoms with Crippen molar-refractivity contribution in [2.24, 2.45) is 0 Å². The highest BCUT2D eigenvalue weighted by Crippen LogP contribution is 2.11. The number of aryl methyl sites for hydroxylation is 1. The fourth-order valence-electron chi connectivity index (χ4n) is 1.03. The minimum absolute atomic E-state index is 0.347. The van der Waals surface area contributed by atoms with Crippen molar-refractivity contribution in [2.75, 3.05) is 13.7 Å². The van der Waals surface area contributed by atoms with E-state index in [9.17, 15) is 4.79 Å². The first-order chi connectivity index (χ1) is 8.51. The third-order valence-corrected chi connectivity index (χ3v) is 2.03. The summed E-state index contributed by atoms with van der Waals surface area (Å²) in [5, 5.41) is 0. The molecule has 0 aromatic heterocycles. The Hall–Kier alpha value is -1.77. The fourth-order valence-corrected chi connectivity index (χ4v) is 1.03. The summed E-state index contributed by atoms with van der Waals surface area (Å²) in [6.07, 6.45) is 1.06. The average Bonchev–Trinajstić information content (AvgIpc) is 2.37. The molecule has 1 aromatic carbocycles.